The number of benzene rings is 2. The number of para-hydroxylation sites is 1. The average molecular weight is 406 g/mol. The van der Waals surface area contributed by atoms with Gasteiger partial charge in [-0.3, -0.25) is 4.79 Å². The fourth-order valence-corrected chi connectivity index (χ4v) is 3.66. The molecule has 1 heterocycles. The fraction of sp³-hybridized carbons (Fsp3) is 0.458. The third-order valence-electron chi connectivity index (χ3n) is 5.22. The van der Waals surface area contributed by atoms with Crippen molar-refractivity contribution in [3.63, 3.8) is 0 Å². The largest absolute Gasteiger partial charge is 0.309 e. The summed E-state index contributed by atoms with van der Waals surface area (Å²) in [5, 5.41) is 0. The van der Waals surface area contributed by atoms with Crippen molar-refractivity contribution < 1.29 is 11.6 Å². The Labute approximate surface area is 183 Å². The normalized spacial score (nSPS) is 17.5. The number of hydrogen-bond acceptors (Lipinski definition) is 2. The molecule has 1 fully saturated rings. The first-order valence-electron chi connectivity index (χ1n) is 12.5. The van der Waals surface area contributed by atoms with E-state index < -0.39 is 18.1 Å². The van der Waals surface area contributed by atoms with Gasteiger partial charge >= 0.3 is 0 Å². The lowest BCUT2D eigenvalue weighted by Crippen LogP contribution is -2.48. The molecular weight excluding hydrogens is 368 g/mol. The number of hydrogen-bond donors (Lipinski definition) is 0. The molecular formula is C24H33ClN2O. The second-order valence-electron chi connectivity index (χ2n) is 7.15. The smallest absolute Gasteiger partial charge is 0.227 e. The molecule has 28 heavy (non-hydrogen) atoms. The van der Waals surface area contributed by atoms with Gasteiger partial charge in [0.25, 0.3) is 0 Å². The molecule has 0 aromatic heterocycles. The summed E-state index contributed by atoms with van der Waals surface area (Å²) in [6.07, 6.45) is 4.28. The first-order chi connectivity index (χ1) is 15.3. The molecule has 0 unspecified atom stereocenters. The highest BCUT2D eigenvalue weighted by Gasteiger charge is 2.28. The number of likely N-dealkylation sites (tertiary alicyclic amines) is 1. The Bertz CT molecular complexity index is 907. The molecule has 3 rings (SSSR count). The lowest BCUT2D eigenvalue weighted by molar-refractivity contribution is -0.119. The number of anilines is 1. The van der Waals surface area contributed by atoms with Crippen LogP contribution in [0.15, 0.2) is 60.5 Å². The maximum Gasteiger partial charge on any atom is 0.227 e. The third kappa shape index (κ3) is 6.35. The molecule has 2 aromatic carbocycles. The minimum atomic E-state index is -0.430. The van der Waals surface area contributed by atoms with Gasteiger partial charge in [-0.25, -0.2) is 0 Å². The van der Waals surface area contributed by atoms with Gasteiger partial charge in [0.15, 0.2) is 0 Å². The summed E-state index contributed by atoms with van der Waals surface area (Å²) in [5.74, 6) is -0.159. The molecule has 1 aliphatic rings. The predicted octanol–water partition coefficient (Wildman–Crippen LogP) is 5.34. The van der Waals surface area contributed by atoms with Gasteiger partial charge in [0.2, 0.25) is 5.91 Å². The number of amides is 1. The Morgan fingerprint density at radius 2 is 1.82 bits per heavy atom. The van der Waals surface area contributed by atoms with E-state index in [1.165, 1.54) is 10.5 Å². The summed E-state index contributed by atoms with van der Waals surface area (Å²) in [6, 6.07) is 8.36. The van der Waals surface area contributed by atoms with Gasteiger partial charge in [-0.15, -0.1) is 12.4 Å². The SMILES string of the molecule is Cl.[2H]c1c([2H])c([2H])c(N(C(=O)CCCC)C2CCN(CCc3ccccc3)CC2)c([2H])c1[2H]. The van der Waals surface area contributed by atoms with Crippen LogP contribution in [0.25, 0.3) is 0 Å². The van der Waals surface area contributed by atoms with Crippen LogP contribution in [0.1, 0.15) is 51.4 Å². The molecule has 1 saturated heterocycles. The molecule has 3 nitrogen and oxygen atoms in total. The minimum Gasteiger partial charge on any atom is -0.309 e. The number of carbonyl (C=O) groups excluding carboxylic acids is 1. The van der Waals surface area contributed by atoms with Crippen LogP contribution in [0.2, 0.25) is 0 Å². The van der Waals surface area contributed by atoms with Crippen LogP contribution in [-0.4, -0.2) is 36.5 Å². The maximum absolute atomic E-state index is 13.2. The molecule has 1 amide bonds. The molecule has 0 radical (unpaired) electrons. The number of halogens is 1. The Morgan fingerprint density at radius 3 is 2.46 bits per heavy atom. The number of piperidine rings is 1. The minimum absolute atomic E-state index is 0. The van der Waals surface area contributed by atoms with Gasteiger partial charge in [0.1, 0.15) is 0 Å². The monoisotopic (exact) mass is 405 g/mol. The first-order valence-corrected chi connectivity index (χ1v) is 10.00. The molecule has 1 aliphatic heterocycles. The number of unbranched alkanes of at least 4 members (excludes halogenated alkanes) is 1. The number of nitrogens with zero attached hydrogens (tertiary/aromatic N) is 2. The zero-order valence-electron chi connectivity index (χ0n) is 21.5. The van der Waals surface area contributed by atoms with Crippen molar-refractivity contribution in [3.8, 4) is 0 Å². The van der Waals surface area contributed by atoms with Crippen LogP contribution in [0.5, 0.6) is 0 Å². The highest BCUT2D eigenvalue weighted by Crippen LogP contribution is 2.25. The zero-order chi connectivity index (χ0) is 23.3. The average Bonchev–Trinajstić information content (AvgIpc) is 2.82. The van der Waals surface area contributed by atoms with Crippen molar-refractivity contribution in [2.24, 2.45) is 0 Å². The molecule has 0 N–H and O–H groups in total. The lowest BCUT2D eigenvalue weighted by Gasteiger charge is -2.38. The Balaban J connectivity index is 0.00000385. The van der Waals surface area contributed by atoms with Crippen molar-refractivity contribution in [1.82, 2.24) is 4.90 Å². The van der Waals surface area contributed by atoms with Crippen molar-refractivity contribution in [3.05, 3.63) is 66.1 Å². The van der Waals surface area contributed by atoms with E-state index in [1.54, 1.807) is 0 Å². The topological polar surface area (TPSA) is 23.6 Å². The number of carbonyl (C=O) groups is 1. The van der Waals surface area contributed by atoms with Crippen LogP contribution in [-0.2, 0) is 11.2 Å². The standard InChI is InChI=1S/C24H32N2O.ClH/c1-2-3-14-24(27)26(22-12-8-5-9-13-22)23-16-19-25(20-17-23)18-15-21-10-6-4-7-11-21;/h4-13,23H,2-3,14-20H2,1H3;1H/i5D,8D,9D,12D,13D;. The van der Waals surface area contributed by atoms with Crippen LogP contribution in [0.3, 0.4) is 0 Å². The highest BCUT2D eigenvalue weighted by atomic mass is 35.5. The van der Waals surface area contributed by atoms with Gasteiger partial charge in [0, 0.05) is 37.8 Å². The van der Waals surface area contributed by atoms with E-state index in [4.69, 9.17) is 6.85 Å². The third-order valence-corrected chi connectivity index (χ3v) is 5.22. The molecule has 0 spiro atoms. The fourth-order valence-electron chi connectivity index (χ4n) is 3.66. The summed E-state index contributed by atoms with van der Waals surface area (Å²) < 4.78 is 40.7. The van der Waals surface area contributed by atoms with Crippen LogP contribution >= 0.6 is 12.4 Å². The van der Waals surface area contributed by atoms with E-state index >= 15 is 0 Å². The summed E-state index contributed by atoms with van der Waals surface area (Å²) in [5.41, 5.74) is 1.32. The van der Waals surface area contributed by atoms with Crippen LogP contribution in [0, 0.1) is 0 Å². The first kappa shape index (κ1) is 16.0. The molecule has 2 aromatic rings. The molecule has 0 atom stereocenters. The van der Waals surface area contributed by atoms with Crippen molar-refractivity contribution in [1.29, 1.82) is 0 Å². The summed E-state index contributed by atoms with van der Waals surface area (Å²) >= 11 is 0. The van der Waals surface area contributed by atoms with Crippen molar-refractivity contribution in [2.75, 3.05) is 24.5 Å². The van der Waals surface area contributed by atoms with E-state index in [9.17, 15) is 4.79 Å². The summed E-state index contributed by atoms with van der Waals surface area (Å²) in [4.78, 5) is 17.1. The number of rotatable bonds is 8. The highest BCUT2D eigenvalue weighted by molar-refractivity contribution is 5.93. The second-order valence-corrected chi connectivity index (χ2v) is 7.15. The Hall–Kier alpha value is -1.84. The van der Waals surface area contributed by atoms with Gasteiger partial charge in [-0.2, -0.15) is 0 Å². The predicted molar refractivity (Wildman–Crippen MR) is 120 cm³/mol. The summed E-state index contributed by atoms with van der Waals surface area (Å²) in [7, 11) is 0. The van der Waals surface area contributed by atoms with E-state index in [0.29, 0.717) is 12.8 Å². The lowest BCUT2D eigenvalue weighted by atomic mass is 10.0. The molecule has 4 heteroatoms. The molecule has 152 valence electrons. The zero-order valence-corrected chi connectivity index (χ0v) is 17.4. The van der Waals surface area contributed by atoms with Crippen LogP contribution < -0.4 is 4.90 Å². The van der Waals surface area contributed by atoms with Crippen molar-refractivity contribution >= 4 is 24.0 Å². The van der Waals surface area contributed by atoms with Crippen molar-refractivity contribution in [2.45, 2.75) is 51.5 Å². The van der Waals surface area contributed by atoms with E-state index in [2.05, 4.69) is 17.0 Å². The van der Waals surface area contributed by atoms with Crippen LogP contribution in [0.4, 0.5) is 5.69 Å². The molecule has 0 bridgehead atoms. The molecule has 0 saturated carbocycles. The van der Waals surface area contributed by atoms with Gasteiger partial charge < -0.3 is 9.80 Å². The van der Waals surface area contributed by atoms with Gasteiger partial charge in [-0.05, 0) is 43.3 Å². The quantitative estimate of drug-likeness (QED) is 0.591. The van der Waals surface area contributed by atoms with E-state index in [-0.39, 0.29) is 42.1 Å². The van der Waals surface area contributed by atoms with Gasteiger partial charge in [-0.1, -0.05) is 61.8 Å². The van der Waals surface area contributed by atoms with E-state index in [0.717, 1.165) is 45.3 Å². The maximum atomic E-state index is 13.2. The Kier molecular flexibility index (Phi) is 6.79. The van der Waals surface area contributed by atoms with E-state index in [1.807, 2.05) is 25.1 Å². The second kappa shape index (κ2) is 11.9. The van der Waals surface area contributed by atoms with Gasteiger partial charge in [0.05, 0.1) is 6.85 Å². The molecule has 0 aliphatic carbocycles. The Morgan fingerprint density at radius 1 is 1.14 bits per heavy atom. The summed E-state index contributed by atoms with van der Waals surface area (Å²) in [6.45, 7) is 4.57.